The highest BCUT2D eigenvalue weighted by Crippen LogP contribution is 2.03. The maximum absolute atomic E-state index is 5.71. The van der Waals surface area contributed by atoms with Gasteiger partial charge < -0.3 is 0 Å². The fourth-order valence-electron chi connectivity index (χ4n) is 1.11. The predicted octanol–water partition coefficient (Wildman–Crippen LogP) is 3.37. The largest absolute Gasteiger partial charge is 0.289 e. The van der Waals surface area contributed by atoms with Crippen molar-refractivity contribution in [2.75, 3.05) is 12.4 Å². The molecule has 2 heteroatoms. The molecule has 0 spiro atoms. The van der Waals surface area contributed by atoms with Gasteiger partial charge in [0.1, 0.15) is 0 Å². The Hall–Kier alpha value is -0.820. The highest BCUT2D eigenvalue weighted by Gasteiger charge is 1.99. The van der Waals surface area contributed by atoms with E-state index in [9.17, 15) is 0 Å². The van der Waals surface area contributed by atoms with Crippen LogP contribution in [0.25, 0.3) is 0 Å². The third-order valence-electron chi connectivity index (χ3n) is 2.10. The Morgan fingerprint density at radius 2 is 2.00 bits per heavy atom. The van der Waals surface area contributed by atoms with Crippen LogP contribution in [0.15, 0.2) is 35.3 Å². The van der Waals surface area contributed by atoms with Gasteiger partial charge in [-0.1, -0.05) is 37.3 Å². The van der Waals surface area contributed by atoms with E-state index in [1.807, 2.05) is 25.1 Å². The van der Waals surface area contributed by atoms with Crippen molar-refractivity contribution < 1.29 is 0 Å². The Morgan fingerprint density at radius 1 is 1.36 bits per heavy atom. The van der Waals surface area contributed by atoms with E-state index >= 15 is 0 Å². The van der Waals surface area contributed by atoms with Gasteiger partial charge in [0.15, 0.2) is 0 Å². The molecule has 0 saturated carbocycles. The monoisotopic (exact) mass is 209 g/mol. The van der Waals surface area contributed by atoms with Gasteiger partial charge in [-0.05, 0) is 18.4 Å². The van der Waals surface area contributed by atoms with Crippen LogP contribution in [0.1, 0.15) is 19.4 Å². The second-order valence-corrected chi connectivity index (χ2v) is 3.86. The van der Waals surface area contributed by atoms with Crippen molar-refractivity contribution in [3.8, 4) is 0 Å². The van der Waals surface area contributed by atoms with Gasteiger partial charge in [-0.2, -0.15) is 0 Å². The van der Waals surface area contributed by atoms with Gasteiger partial charge in [-0.3, -0.25) is 4.99 Å². The SMILES string of the molecule is CC(=NC[C@@H](C)CCl)c1ccccc1. The Balaban J connectivity index is 2.61. The predicted molar refractivity (Wildman–Crippen MR) is 63.4 cm³/mol. The molecule has 0 bridgehead atoms. The summed E-state index contributed by atoms with van der Waals surface area (Å²) in [6.45, 7) is 4.95. The standard InChI is InChI=1S/C12H16ClN/c1-10(8-13)9-14-11(2)12-6-4-3-5-7-12/h3-7,10H,8-9H2,1-2H3/t10-/m0/s1. The molecular formula is C12H16ClN. The molecule has 1 aromatic carbocycles. The summed E-state index contributed by atoms with van der Waals surface area (Å²) >= 11 is 5.71. The average Bonchev–Trinajstić information content (AvgIpc) is 2.26. The first-order valence-corrected chi connectivity index (χ1v) is 5.40. The topological polar surface area (TPSA) is 12.4 Å². The fraction of sp³-hybridized carbons (Fsp3) is 0.417. The Bertz CT molecular complexity index is 292. The normalized spacial score (nSPS) is 14.1. The molecule has 0 aliphatic rings. The maximum atomic E-state index is 5.71. The number of benzene rings is 1. The third-order valence-corrected chi connectivity index (χ3v) is 2.62. The van der Waals surface area contributed by atoms with Crippen LogP contribution in [0.5, 0.6) is 0 Å². The zero-order valence-corrected chi connectivity index (χ0v) is 9.46. The minimum atomic E-state index is 0.454. The molecule has 14 heavy (non-hydrogen) atoms. The molecule has 0 heterocycles. The van der Waals surface area contributed by atoms with Gasteiger partial charge in [-0.15, -0.1) is 11.6 Å². The van der Waals surface area contributed by atoms with Crippen LogP contribution >= 0.6 is 11.6 Å². The molecule has 1 aromatic rings. The summed E-state index contributed by atoms with van der Waals surface area (Å²) in [4.78, 5) is 4.50. The molecule has 0 N–H and O–H groups in total. The highest BCUT2D eigenvalue weighted by atomic mass is 35.5. The Labute approximate surface area is 90.8 Å². The summed E-state index contributed by atoms with van der Waals surface area (Å²) in [6.07, 6.45) is 0. The van der Waals surface area contributed by atoms with Gasteiger partial charge in [0.25, 0.3) is 0 Å². The minimum absolute atomic E-state index is 0.454. The van der Waals surface area contributed by atoms with E-state index in [1.54, 1.807) is 0 Å². The molecule has 0 aliphatic carbocycles. The van der Waals surface area contributed by atoms with E-state index in [1.165, 1.54) is 5.56 Å². The quantitative estimate of drug-likeness (QED) is 0.533. The van der Waals surface area contributed by atoms with E-state index in [4.69, 9.17) is 11.6 Å². The molecule has 1 nitrogen and oxygen atoms in total. The van der Waals surface area contributed by atoms with Gasteiger partial charge in [0.05, 0.1) is 0 Å². The molecule has 76 valence electrons. The molecule has 0 radical (unpaired) electrons. The lowest BCUT2D eigenvalue weighted by molar-refractivity contribution is 0.673. The number of hydrogen-bond donors (Lipinski definition) is 0. The number of alkyl halides is 1. The number of nitrogens with zero attached hydrogens (tertiary/aromatic N) is 1. The fourth-order valence-corrected chi connectivity index (χ4v) is 1.21. The first kappa shape index (κ1) is 11.3. The maximum Gasteiger partial charge on any atom is 0.0429 e. The lowest BCUT2D eigenvalue weighted by Gasteiger charge is -2.04. The van der Waals surface area contributed by atoms with Crippen LogP contribution < -0.4 is 0 Å². The Morgan fingerprint density at radius 3 is 2.57 bits per heavy atom. The first-order valence-electron chi connectivity index (χ1n) is 4.86. The molecular weight excluding hydrogens is 194 g/mol. The third kappa shape index (κ3) is 3.51. The smallest absolute Gasteiger partial charge is 0.0429 e. The lowest BCUT2D eigenvalue weighted by atomic mass is 10.1. The molecule has 1 atom stereocenters. The highest BCUT2D eigenvalue weighted by molar-refractivity contribution is 6.18. The molecule has 0 aliphatic heterocycles. The lowest BCUT2D eigenvalue weighted by Crippen LogP contribution is -2.04. The number of rotatable bonds is 4. The van der Waals surface area contributed by atoms with Crippen molar-refractivity contribution in [3.63, 3.8) is 0 Å². The van der Waals surface area contributed by atoms with Crippen LogP contribution in [-0.4, -0.2) is 18.1 Å². The van der Waals surface area contributed by atoms with Gasteiger partial charge in [0, 0.05) is 18.1 Å². The molecule has 1 rings (SSSR count). The molecule has 0 saturated heterocycles. The van der Waals surface area contributed by atoms with Crippen LogP contribution in [-0.2, 0) is 0 Å². The summed E-state index contributed by atoms with van der Waals surface area (Å²) in [5, 5.41) is 0. The molecule has 0 unspecified atom stereocenters. The summed E-state index contributed by atoms with van der Waals surface area (Å²) in [7, 11) is 0. The van der Waals surface area contributed by atoms with E-state index in [0.29, 0.717) is 11.8 Å². The molecule has 0 aromatic heterocycles. The summed E-state index contributed by atoms with van der Waals surface area (Å²) in [6, 6.07) is 10.2. The number of hydrogen-bond acceptors (Lipinski definition) is 1. The summed E-state index contributed by atoms with van der Waals surface area (Å²) in [5.74, 6) is 1.13. The van der Waals surface area contributed by atoms with Crippen LogP contribution in [0, 0.1) is 5.92 Å². The van der Waals surface area contributed by atoms with E-state index in [-0.39, 0.29) is 0 Å². The van der Waals surface area contributed by atoms with Crippen molar-refractivity contribution in [1.29, 1.82) is 0 Å². The van der Waals surface area contributed by atoms with Crippen molar-refractivity contribution in [1.82, 2.24) is 0 Å². The van der Waals surface area contributed by atoms with E-state index in [2.05, 4.69) is 24.0 Å². The summed E-state index contributed by atoms with van der Waals surface area (Å²) in [5.41, 5.74) is 2.27. The zero-order chi connectivity index (χ0) is 10.4. The number of halogens is 1. The Kier molecular flexibility index (Phi) is 4.68. The van der Waals surface area contributed by atoms with Crippen LogP contribution in [0.3, 0.4) is 0 Å². The second-order valence-electron chi connectivity index (χ2n) is 3.55. The average molecular weight is 210 g/mol. The van der Waals surface area contributed by atoms with Crippen molar-refractivity contribution in [2.24, 2.45) is 10.9 Å². The van der Waals surface area contributed by atoms with E-state index in [0.717, 1.165) is 12.3 Å². The van der Waals surface area contributed by atoms with Gasteiger partial charge in [-0.25, -0.2) is 0 Å². The van der Waals surface area contributed by atoms with Crippen LogP contribution in [0.2, 0.25) is 0 Å². The van der Waals surface area contributed by atoms with Gasteiger partial charge in [0.2, 0.25) is 0 Å². The van der Waals surface area contributed by atoms with E-state index < -0.39 is 0 Å². The van der Waals surface area contributed by atoms with Gasteiger partial charge >= 0.3 is 0 Å². The summed E-state index contributed by atoms with van der Waals surface area (Å²) < 4.78 is 0. The van der Waals surface area contributed by atoms with Crippen molar-refractivity contribution >= 4 is 17.3 Å². The zero-order valence-electron chi connectivity index (χ0n) is 8.70. The molecule has 0 fully saturated rings. The molecule has 0 amide bonds. The second kappa shape index (κ2) is 5.82. The minimum Gasteiger partial charge on any atom is -0.289 e. The van der Waals surface area contributed by atoms with Crippen molar-refractivity contribution in [2.45, 2.75) is 13.8 Å². The number of aliphatic imine (C=N–C) groups is 1. The first-order chi connectivity index (χ1) is 6.74. The van der Waals surface area contributed by atoms with Crippen molar-refractivity contribution in [3.05, 3.63) is 35.9 Å². The van der Waals surface area contributed by atoms with Crippen LogP contribution in [0.4, 0.5) is 0 Å².